The lowest BCUT2D eigenvalue weighted by Gasteiger charge is -2.19. The fourth-order valence-corrected chi connectivity index (χ4v) is 2.39. The predicted molar refractivity (Wildman–Crippen MR) is 76.3 cm³/mol. The van der Waals surface area contributed by atoms with E-state index in [2.05, 4.69) is 10.3 Å². The van der Waals surface area contributed by atoms with Crippen LogP contribution in [0.4, 0.5) is 9.80 Å². The summed E-state index contributed by atoms with van der Waals surface area (Å²) < 4.78 is 5.09. The fourth-order valence-electron chi connectivity index (χ4n) is 1.33. The first-order valence-corrected chi connectivity index (χ1v) is 6.78. The minimum atomic E-state index is -1.18. The smallest absolute Gasteiger partial charge is 0.412 e. The molecule has 0 atom stereocenters. The van der Waals surface area contributed by atoms with Crippen LogP contribution in [0.25, 0.3) is 0 Å². The molecule has 0 unspecified atom stereocenters. The van der Waals surface area contributed by atoms with E-state index in [0.29, 0.717) is 11.6 Å². The van der Waals surface area contributed by atoms with Gasteiger partial charge in [0.2, 0.25) is 0 Å². The van der Waals surface area contributed by atoms with Gasteiger partial charge in [-0.05, 0) is 34.9 Å². The maximum atomic E-state index is 11.7. The Bertz CT molecular complexity index is 505. The summed E-state index contributed by atoms with van der Waals surface area (Å²) in [5.41, 5.74) is -0.817. The highest BCUT2D eigenvalue weighted by Crippen LogP contribution is 2.26. The van der Waals surface area contributed by atoms with Crippen molar-refractivity contribution in [1.29, 1.82) is 0 Å². The quantitative estimate of drug-likeness (QED) is 0.886. The second-order valence-corrected chi connectivity index (χ2v) is 6.54. The molecule has 0 aliphatic rings. The van der Waals surface area contributed by atoms with Crippen LogP contribution in [0.1, 0.15) is 36.3 Å². The molecule has 1 amide bonds. The molecule has 112 valence electrons. The zero-order valence-electron chi connectivity index (χ0n) is 12.2. The van der Waals surface area contributed by atoms with Gasteiger partial charge in [-0.25, -0.2) is 14.6 Å². The molecule has 0 aromatic carbocycles. The van der Waals surface area contributed by atoms with Gasteiger partial charge in [0.25, 0.3) is 0 Å². The molecule has 8 heteroatoms. The molecule has 1 aromatic heterocycles. The van der Waals surface area contributed by atoms with E-state index in [9.17, 15) is 9.59 Å². The van der Waals surface area contributed by atoms with E-state index >= 15 is 0 Å². The third-order valence-electron chi connectivity index (χ3n) is 1.94. The largest absolute Gasteiger partial charge is 0.476 e. The van der Waals surface area contributed by atoms with Crippen LogP contribution in [-0.2, 0) is 11.3 Å². The Balaban J connectivity index is 2.90. The van der Waals surface area contributed by atoms with Crippen LogP contribution < -0.4 is 5.32 Å². The van der Waals surface area contributed by atoms with Gasteiger partial charge in [-0.15, -0.1) is 0 Å². The molecule has 1 aromatic rings. The van der Waals surface area contributed by atoms with Crippen molar-refractivity contribution in [1.82, 2.24) is 9.88 Å². The maximum Gasteiger partial charge on any atom is 0.412 e. The Hall–Kier alpha value is -1.67. The molecule has 0 aliphatic heterocycles. The summed E-state index contributed by atoms with van der Waals surface area (Å²) >= 11 is 1.12. The second kappa shape index (κ2) is 6.19. The summed E-state index contributed by atoms with van der Waals surface area (Å²) in [7, 11) is 3.70. The predicted octanol–water partition coefficient (Wildman–Crippen LogP) is 2.25. The molecule has 0 bridgehead atoms. The lowest BCUT2D eigenvalue weighted by Crippen LogP contribution is -2.27. The van der Waals surface area contributed by atoms with Crippen molar-refractivity contribution in [2.75, 3.05) is 19.4 Å². The van der Waals surface area contributed by atoms with Crippen molar-refractivity contribution in [3.05, 3.63) is 10.7 Å². The van der Waals surface area contributed by atoms with Gasteiger partial charge in [-0.1, -0.05) is 11.3 Å². The number of carboxylic acid groups (broad SMARTS) is 1. The minimum Gasteiger partial charge on any atom is -0.476 e. The molecule has 7 nitrogen and oxygen atoms in total. The minimum absolute atomic E-state index is 0.169. The van der Waals surface area contributed by atoms with Crippen LogP contribution in [0.3, 0.4) is 0 Å². The second-order valence-electron chi connectivity index (χ2n) is 5.46. The van der Waals surface area contributed by atoms with Crippen LogP contribution in [0.2, 0.25) is 0 Å². The number of aromatic carboxylic acids is 1. The number of carbonyl (C=O) groups is 2. The third kappa shape index (κ3) is 5.14. The number of aromatic nitrogens is 1. The molecule has 2 N–H and O–H groups in total. The molecule has 0 saturated heterocycles. The number of nitrogens with zero attached hydrogens (tertiary/aromatic N) is 2. The first kappa shape index (κ1) is 16.4. The summed E-state index contributed by atoms with van der Waals surface area (Å²) in [6, 6.07) is 0. The number of hydrogen-bond donors (Lipinski definition) is 2. The van der Waals surface area contributed by atoms with E-state index in [-0.39, 0.29) is 10.7 Å². The number of amides is 1. The fraction of sp³-hybridized carbons (Fsp3) is 0.583. The van der Waals surface area contributed by atoms with E-state index in [0.717, 1.165) is 11.3 Å². The van der Waals surface area contributed by atoms with Crippen molar-refractivity contribution in [2.45, 2.75) is 32.9 Å². The van der Waals surface area contributed by atoms with Crippen LogP contribution in [0.5, 0.6) is 0 Å². The van der Waals surface area contributed by atoms with Crippen LogP contribution >= 0.6 is 11.3 Å². The lowest BCUT2D eigenvalue weighted by atomic mass is 10.2. The molecule has 1 heterocycles. The highest BCUT2D eigenvalue weighted by molar-refractivity contribution is 7.16. The van der Waals surface area contributed by atoms with E-state index in [1.165, 1.54) is 0 Å². The number of carboxylic acids is 1. The molecular weight excluding hydrogens is 282 g/mol. The highest BCUT2D eigenvalue weighted by Gasteiger charge is 2.22. The average molecular weight is 301 g/mol. The van der Waals surface area contributed by atoms with Crippen LogP contribution in [-0.4, -0.2) is 46.7 Å². The Kier molecular flexibility index (Phi) is 5.07. The summed E-state index contributed by atoms with van der Waals surface area (Å²) in [6.45, 7) is 5.69. The van der Waals surface area contributed by atoms with Gasteiger partial charge in [0.15, 0.2) is 5.69 Å². The zero-order valence-corrected chi connectivity index (χ0v) is 13.0. The molecule has 0 fully saturated rings. The van der Waals surface area contributed by atoms with Crippen molar-refractivity contribution >= 4 is 28.4 Å². The van der Waals surface area contributed by atoms with Crippen LogP contribution in [0, 0.1) is 0 Å². The Labute approximate surface area is 121 Å². The van der Waals surface area contributed by atoms with Gasteiger partial charge < -0.3 is 14.7 Å². The number of carbonyl (C=O) groups excluding carboxylic acids is 1. The number of hydrogen-bond acceptors (Lipinski definition) is 6. The van der Waals surface area contributed by atoms with Crippen molar-refractivity contribution in [3.63, 3.8) is 0 Å². The normalized spacial score (nSPS) is 11.5. The standard InChI is InChI=1S/C12H19N3O4S/c1-12(2,3)19-11(18)14-9-8(10(16)17)13-7(20-9)6-15(4)5/h6H2,1-5H3,(H,14,18)(H,16,17). The van der Waals surface area contributed by atoms with E-state index in [4.69, 9.17) is 9.84 Å². The van der Waals surface area contributed by atoms with E-state index < -0.39 is 17.7 Å². The molecule has 1 rings (SSSR count). The molecule has 0 spiro atoms. The van der Waals surface area contributed by atoms with E-state index in [1.54, 1.807) is 20.8 Å². The molecule has 20 heavy (non-hydrogen) atoms. The van der Waals surface area contributed by atoms with Crippen molar-refractivity contribution in [2.24, 2.45) is 0 Å². The van der Waals surface area contributed by atoms with Crippen molar-refractivity contribution < 1.29 is 19.4 Å². The summed E-state index contributed by atoms with van der Waals surface area (Å²) in [5.74, 6) is -1.18. The van der Waals surface area contributed by atoms with Gasteiger partial charge in [0, 0.05) is 6.54 Å². The van der Waals surface area contributed by atoms with Crippen molar-refractivity contribution in [3.8, 4) is 0 Å². The average Bonchev–Trinajstić information content (AvgIpc) is 2.56. The summed E-state index contributed by atoms with van der Waals surface area (Å²) in [5, 5.41) is 12.3. The Morgan fingerprint density at radius 2 is 2.00 bits per heavy atom. The SMILES string of the molecule is CN(C)Cc1nc(C(=O)O)c(NC(=O)OC(C)(C)C)s1. The number of nitrogens with one attached hydrogen (secondary N) is 1. The van der Waals surface area contributed by atoms with Gasteiger partial charge in [-0.3, -0.25) is 5.32 Å². The Morgan fingerprint density at radius 3 is 2.45 bits per heavy atom. The van der Waals surface area contributed by atoms with Crippen LogP contribution in [0.15, 0.2) is 0 Å². The first-order chi connectivity index (χ1) is 9.08. The van der Waals surface area contributed by atoms with Gasteiger partial charge >= 0.3 is 12.1 Å². The first-order valence-electron chi connectivity index (χ1n) is 5.96. The third-order valence-corrected chi connectivity index (χ3v) is 2.90. The zero-order chi connectivity index (χ0) is 15.5. The lowest BCUT2D eigenvalue weighted by molar-refractivity contribution is 0.0636. The monoisotopic (exact) mass is 301 g/mol. The maximum absolute atomic E-state index is 11.7. The molecule has 0 radical (unpaired) electrons. The van der Waals surface area contributed by atoms with Gasteiger partial charge in [0.05, 0.1) is 0 Å². The van der Waals surface area contributed by atoms with Gasteiger partial charge in [0.1, 0.15) is 15.6 Å². The highest BCUT2D eigenvalue weighted by atomic mass is 32.1. The van der Waals surface area contributed by atoms with E-state index in [1.807, 2.05) is 19.0 Å². The molecular formula is C12H19N3O4S. The number of anilines is 1. The molecule has 0 saturated carbocycles. The summed E-state index contributed by atoms with van der Waals surface area (Å²) in [4.78, 5) is 28.7. The van der Waals surface area contributed by atoms with Gasteiger partial charge in [-0.2, -0.15) is 0 Å². The number of rotatable bonds is 4. The molecule has 0 aliphatic carbocycles. The topological polar surface area (TPSA) is 91.8 Å². The number of thiazole rings is 1. The Morgan fingerprint density at radius 1 is 1.40 bits per heavy atom. The summed E-state index contributed by atoms with van der Waals surface area (Å²) in [6.07, 6.45) is -0.694. The number of ether oxygens (including phenoxy) is 1.